The van der Waals surface area contributed by atoms with Crippen LogP contribution in [0.25, 0.3) is 10.9 Å². The number of aromatic nitrogens is 1. The van der Waals surface area contributed by atoms with Crippen molar-refractivity contribution in [1.82, 2.24) is 4.57 Å². The summed E-state index contributed by atoms with van der Waals surface area (Å²) in [4.78, 5) is 23.3. The van der Waals surface area contributed by atoms with Gasteiger partial charge in [-0.25, -0.2) is 0 Å². The van der Waals surface area contributed by atoms with Crippen LogP contribution in [0.4, 0.5) is 0 Å². The average molecular weight is 306 g/mol. The van der Waals surface area contributed by atoms with Gasteiger partial charge < -0.3 is 15.1 Å². The number of fused-ring (bicyclic) bond motifs is 1. The molecule has 0 amide bonds. The first-order chi connectivity index (χ1) is 11.2. The van der Waals surface area contributed by atoms with Gasteiger partial charge in [0.2, 0.25) is 0 Å². The second-order valence-corrected chi connectivity index (χ2v) is 5.59. The molecule has 0 spiro atoms. The van der Waals surface area contributed by atoms with Crippen molar-refractivity contribution >= 4 is 23.0 Å². The average Bonchev–Trinajstić information content (AvgIpc) is 2.94. The van der Waals surface area contributed by atoms with Crippen molar-refractivity contribution in [2.45, 2.75) is 19.0 Å². The summed E-state index contributed by atoms with van der Waals surface area (Å²) in [6, 6.07) is 19.0. The van der Waals surface area contributed by atoms with Gasteiger partial charge in [-0.2, -0.15) is 0 Å². The first-order valence-corrected chi connectivity index (χ1v) is 7.55. The van der Waals surface area contributed by atoms with Crippen molar-refractivity contribution < 1.29 is 9.59 Å². The zero-order valence-corrected chi connectivity index (χ0v) is 12.7. The summed E-state index contributed by atoms with van der Waals surface area (Å²) < 4.78 is 1.99. The molecule has 4 nitrogen and oxygen atoms in total. The van der Waals surface area contributed by atoms with Gasteiger partial charge >= 0.3 is 0 Å². The fourth-order valence-electron chi connectivity index (χ4n) is 2.74. The molecule has 1 heterocycles. The Balaban J connectivity index is 2.04. The van der Waals surface area contributed by atoms with Crippen LogP contribution in [0.5, 0.6) is 0 Å². The van der Waals surface area contributed by atoms with E-state index in [2.05, 4.69) is 0 Å². The summed E-state index contributed by atoms with van der Waals surface area (Å²) >= 11 is 0. The highest BCUT2D eigenvalue weighted by Crippen LogP contribution is 2.22. The molecule has 0 aliphatic heterocycles. The lowest BCUT2D eigenvalue weighted by Gasteiger charge is -2.11. The number of carbonyl (C=O) groups excluding carboxylic acids is 2. The van der Waals surface area contributed by atoms with E-state index in [1.165, 1.54) is 0 Å². The molecule has 3 rings (SSSR count). The zero-order valence-electron chi connectivity index (χ0n) is 12.7. The second-order valence-electron chi connectivity index (χ2n) is 5.59. The van der Waals surface area contributed by atoms with Crippen LogP contribution in [0.1, 0.15) is 22.5 Å². The Labute approximate surface area is 134 Å². The Morgan fingerprint density at radius 3 is 2.52 bits per heavy atom. The third-order valence-electron chi connectivity index (χ3n) is 3.88. The van der Waals surface area contributed by atoms with Crippen LogP contribution in [0, 0.1) is 0 Å². The van der Waals surface area contributed by atoms with Gasteiger partial charge in [0, 0.05) is 23.9 Å². The summed E-state index contributed by atoms with van der Waals surface area (Å²) in [5.41, 5.74) is 8.31. The number of rotatable bonds is 6. The molecule has 116 valence electrons. The third-order valence-corrected chi connectivity index (χ3v) is 3.88. The van der Waals surface area contributed by atoms with Crippen LogP contribution in [0.3, 0.4) is 0 Å². The second kappa shape index (κ2) is 6.58. The molecule has 23 heavy (non-hydrogen) atoms. The Hall–Kier alpha value is -2.72. The van der Waals surface area contributed by atoms with Crippen LogP contribution >= 0.6 is 0 Å². The maximum absolute atomic E-state index is 12.5. The van der Waals surface area contributed by atoms with Gasteiger partial charge in [-0.1, -0.05) is 48.5 Å². The minimum Gasteiger partial charge on any atom is -0.334 e. The number of ketones is 1. The number of hydrogen-bond donors (Lipinski definition) is 1. The predicted octanol–water partition coefficient (Wildman–Crippen LogP) is 2.79. The Kier molecular flexibility index (Phi) is 4.35. The van der Waals surface area contributed by atoms with Crippen molar-refractivity contribution in [2.24, 2.45) is 5.73 Å². The van der Waals surface area contributed by atoms with Gasteiger partial charge in [-0.15, -0.1) is 0 Å². The van der Waals surface area contributed by atoms with Crippen molar-refractivity contribution in [1.29, 1.82) is 0 Å². The lowest BCUT2D eigenvalue weighted by atomic mass is 10.1. The number of hydrogen-bond acceptors (Lipinski definition) is 3. The van der Waals surface area contributed by atoms with E-state index in [4.69, 9.17) is 5.73 Å². The van der Waals surface area contributed by atoms with Gasteiger partial charge in [0.25, 0.3) is 0 Å². The van der Waals surface area contributed by atoms with Gasteiger partial charge in [0.1, 0.15) is 6.29 Å². The Morgan fingerprint density at radius 1 is 1.09 bits per heavy atom. The summed E-state index contributed by atoms with van der Waals surface area (Å²) in [5, 5.41) is 1.01. The number of nitrogens with zero attached hydrogens (tertiary/aromatic N) is 1. The first kappa shape index (κ1) is 15.2. The summed E-state index contributed by atoms with van der Waals surface area (Å²) in [5.74, 6) is -0.114. The van der Waals surface area contributed by atoms with Crippen molar-refractivity contribution in [3.63, 3.8) is 0 Å². The van der Waals surface area contributed by atoms with Gasteiger partial charge in [0.05, 0.1) is 11.7 Å². The molecule has 2 aromatic carbocycles. The van der Waals surface area contributed by atoms with E-state index in [9.17, 15) is 9.59 Å². The highest BCUT2D eigenvalue weighted by atomic mass is 16.1. The fraction of sp³-hybridized carbons (Fsp3) is 0.158. The number of aldehydes is 1. The molecule has 0 bridgehead atoms. The highest BCUT2D eigenvalue weighted by Gasteiger charge is 2.18. The molecule has 1 unspecified atom stereocenters. The minimum atomic E-state index is -0.759. The molecule has 0 radical (unpaired) electrons. The number of benzene rings is 2. The maximum Gasteiger partial charge on any atom is 0.181 e. The Bertz CT molecular complexity index is 837. The molecule has 3 aromatic rings. The fourth-order valence-corrected chi connectivity index (χ4v) is 2.74. The largest absolute Gasteiger partial charge is 0.334 e. The van der Waals surface area contributed by atoms with E-state index in [-0.39, 0.29) is 12.2 Å². The molecular formula is C19H18N2O2. The summed E-state index contributed by atoms with van der Waals surface area (Å²) in [6.45, 7) is 0.603. The van der Waals surface area contributed by atoms with Crippen LogP contribution < -0.4 is 5.73 Å². The first-order valence-electron chi connectivity index (χ1n) is 7.55. The number of nitrogens with two attached hydrogens (primary N) is 1. The van der Waals surface area contributed by atoms with Crippen molar-refractivity contribution in [2.75, 3.05) is 0 Å². The van der Waals surface area contributed by atoms with Gasteiger partial charge in [-0.3, -0.25) is 4.79 Å². The van der Waals surface area contributed by atoms with E-state index in [0.29, 0.717) is 18.5 Å². The maximum atomic E-state index is 12.5. The van der Waals surface area contributed by atoms with Crippen LogP contribution in [0.2, 0.25) is 0 Å². The van der Waals surface area contributed by atoms with Crippen LogP contribution in [-0.4, -0.2) is 22.7 Å². The molecule has 4 heteroatoms. The van der Waals surface area contributed by atoms with Gasteiger partial charge in [-0.05, 0) is 17.7 Å². The monoisotopic (exact) mass is 306 g/mol. The summed E-state index contributed by atoms with van der Waals surface area (Å²) in [6.07, 6.45) is 0.636. The normalized spacial score (nSPS) is 12.2. The van der Waals surface area contributed by atoms with E-state index < -0.39 is 6.04 Å². The molecule has 0 saturated heterocycles. The van der Waals surface area contributed by atoms with E-state index in [1.807, 2.05) is 65.2 Å². The standard InChI is InChI=1S/C19H18N2O2/c20-16(13-22)11-19(23)18-10-15-8-4-5-9-17(15)21(18)12-14-6-2-1-3-7-14/h1-10,13,16H,11-12,20H2. The van der Waals surface area contributed by atoms with Crippen molar-refractivity contribution in [3.8, 4) is 0 Å². The van der Waals surface area contributed by atoms with E-state index in [0.717, 1.165) is 16.5 Å². The molecule has 2 N–H and O–H groups in total. The predicted molar refractivity (Wildman–Crippen MR) is 90.5 cm³/mol. The number of para-hydroxylation sites is 1. The summed E-state index contributed by atoms with van der Waals surface area (Å²) in [7, 11) is 0. The molecular weight excluding hydrogens is 288 g/mol. The van der Waals surface area contributed by atoms with Crippen LogP contribution in [0.15, 0.2) is 60.7 Å². The molecule has 0 aliphatic carbocycles. The number of carbonyl (C=O) groups is 2. The lowest BCUT2D eigenvalue weighted by Crippen LogP contribution is -2.26. The molecule has 1 aromatic heterocycles. The molecule has 0 aliphatic rings. The van der Waals surface area contributed by atoms with Crippen molar-refractivity contribution in [3.05, 3.63) is 71.9 Å². The molecule has 0 saturated carbocycles. The molecule has 1 atom stereocenters. The van der Waals surface area contributed by atoms with Crippen LogP contribution in [-0.2, 0) is 11.3 Å². The smallest absolute Gasteiger partial charge is 0.181 e. The third kappa shape index (κ3) is 3.22. The highest BCUT2D eigenvalue weighted by molar-refractivity contribution is 6.01. The lowest BCUT2D eigenvalue weighted by molar-refractivity contribution is -0.108. The van der Waals surface area contributed by atoms with E-state index >= 15 is 0 Å². The topological polar surface area (TPSA) is 65.1 Å². The van der Waals surface area contributed by atoms with Gasteiger partial charge in [0.15, 0.2) is 5.78 Å². The number of Topliss-reactive ketones (excluding diaryl/α,β-unsaturated/α-hetero) is 1. The molecule has 0 fully saturated rings. The zero-order chi connectivity index (χ0) is 16.2. The minimum absolute atomic E-state index is 0.0224. The SMILES string of the molecule is NC(C=O)CC(=O)c1cc2ccccc2n1Cc1ccccc1. The van der Waals surface area contributed by atoms with E-state index in [1.54, 1.807) is 0 Å². The quantitative estimate of drug-likeness (QED) is 0.562. The Morgan fingerprint density at radius 2 is 1.78 bits per heavy atom.